The van der Waals surface area contributed by atoms with E-state index >= 15 is 0 Å². The molecule has 0 aliphatic heterocycles. The lowest BCUT2D eigenvalue weighted by atomic mass is 10.2. The Bertz CT molecular complexity index is 104. The van der Waals surface area contributed by atoms with Crippen LogP contribution in [0.25, 0.3) is 0 Å². The third-order valence-electron chi connectivity index (χ3n) is 0.857. The second-order valence-electron chi connectivity index (χ2n) is 2.40. The number of methoxy groups -OCH3 is 1. The Morgan fingerprint density at radius 3 is 1.58 bits per heavy atom. The van der Waals surface area contributed by atoms with Crippen LogP contribution in [0.5, 0.6) is 0 Å². The summed E-state index contributed by atoms with van der Waals surface area (Å²) in [4.78, 5) is 9.15. The van der Waals surface area contributed by atoms with Crippen LogP contribution in [0.4, 0.5) is 4.79 Å². The Morgan fingerprint density at radius 2 is 1.58 bits per heavy atom. The molecule has 0 radical (unpaired) electrons. The Balaban J connectivity index is 0. The van der Waals surface area contributed by atoms with Crippen molar-refractivity contribution in [2.24, 2.45) is 0 Å². The molecule has 0 saturated carbocycles. The van der Waals surface area contributed by atoms with Crippen molar-refractivity contribution in [1.29, 1.82) is 0 Å². The van der Waals surface area contributed by atoms with E-state index in [2.05, 4.69) is 4.74 Å². The molecule has 0 spiro atoms. The number of ether oxygens (including phenoxy) is 1. The van der Waals surface area contributed by atoms with Gasteiger partial charge in [-0.3, -0.25) is 0 Å². The van der Waals surface area contributed by atoms with Crippen molar-refractivity contribution < 1.29 is 24.9 Å². The van der Waals surface area contributed by atoms with Gasteiger partial charge in [0, 0.05) is 0 Å². The molecule has 3 N–H and O–H groups in total. The molecule has 0 fully saturated rings. The Kier molecular flexibility index (Phi) is 9.50. The minimum atomic E-state index is -1.25. The monoisotopic (exact) mass is 180 g/mol. The normalized spacial score (nSPS) is 13.8. The quantitative estimate of drug-likeness (QED) is 0.537. The lowest BCUT2D eigenvalue weighted by molar-refractivity contribution is 0.102. The number of carboxylic acid groups (broad SMARTS) is 1. The fourth-order valence-electron chi connectivity index (χ4n) is 0.494. The van der Waals surface area contributed by atoms with Crippen LogP contribution in [-0.4, -0.2) is 40.8 Å². The second-order valence-corrected chi connectivity index (χ2v) is 2.40. The third-order valence-corrected chi connectivity index (χ3v) is 0.857. The summed E-state index contributed by atoms with van der Waals surface area (Å²) < 4.78 is 3.67. The fraction of sp³-hybridized carbons (Fsp3) is 0.857. The van der Waals surface area contributed by atoms with Crippen LogP contribution >= 0.6 is 0 Å². The maximum Gasteiger partial charge on any atom is 0.505 e. The first-order valence-electron chi connectivity index (χ1n) is 3.53. The molecule has 2 unspecified atom stereocenters. The summed E-state index contributed by atoms with van der Waals surface area (Å²) in [7, 11) is 1.10. The molecule has 0 saturated heterocycles. The van der Waals surface area contributed by atoms with Gasteiger partial charge in [0.1, 0.15) is 0 Å². The average molecular weight is 180 g/mol. The van der Waals surface area contributed by atoms with Crippen molar-refractivity contribution in [3.63, 3.8) is 0 Å². The SMILES string of the molecule is CC(O)CC(C)O.COC(=O)O. The minimum Gasteiger partial charge on any atom is -0.450 e. The first-order valence-corrected chi connectivity index (χ1v) is 3.53. The van der Waals surface area contributed by atoms with Gasteiger partial charge in [-0.1, -0.05) is 0 Å². The summed E-state index contributed by atoms with van der Waals surface area (Å²) in [6.45, 7) is 3.32. The maximum absolute atomic E-state index is 9.15. The van der Waals surface area contributed by atoms with E-state index in [1.165, 1.54) is 0 Å². The molecule has 74 valence electrons. The van der Waals surface area contributed by atoms with E-state index in [0.717, 1.165) is 7.11 Å². The van der Waals surface area contributed by atoms with Gasteiger partial charge in [-0.2, -0.15) is 0 Å². The lowest BCUT2D eigenvalue weighted by Crippen LogP contribution is -2.10. The highest BCUT2D eigenvalue weighted by molar-refractivity contribution is 5.56. The summed E-state index contributed by atoms with van der Waals surface area (Å²) in [6.07, 6.45) is -1.52. The van der Waals surface area contributed by atoms with Crippen molar-refractivity contribution in [3.05, 3.63) is 0 Å². The number of hydrogen-bond acceptors (Lipinski definition) is 4. The Hall–Kier alpha value is -0.810. The van der Waals surface area contributed by atoms with Crippen molar-refractivity contribution >= 4 is 6.16 Å². The van der Waals surface area contributed by atoms with Gasteiger partial charge in [0.25, 0.3) is 0 Å². The number of carbonyl (C=O) groups is 1. The van der Waals surface area contributed by atoms with Crippen LogP contribution in [0.3, 0.4) is 0 Å². The van der Waals surface area contributed by atoms with Crippen LogP contribution in [0, 0.1) is 0 Å². The molecule has 0 bridgehead atoms. The van der Waals surface area contributed by atoms with E-state index in [1.54, 1.807) is 13.8 Å². The van der Waals surface area contributed by atoms with Gasteiger partial charge < -0.3 is 20.1 Å². The maximum atomic E-state index is 9.15. The van der Waals surface area contributed by atoms with Gasteiger partial charge in [-0.15, -0.1) is 0 Å². The zero-order valence-electron chi connectivity index (χ0n) is 7.52. The van der Waals surface area contributed by atoms with E-state index in [-0.39, 0.29) is 12.2 Å². The Morgan fingerprint density at radius 1 is 1.33 bits per heavy atom. The molecule has 12 heavy (non-hydrogen) atoms. The standard InChI is InChI=1S/C5H12O2.C2H4O3/c1-4(6)3-5(2)7;1-5-2(3)4/h4-7H,3H2,1-2H3;1H3,(H,3,4). The molecule has 0 aliphatic carbocycles. The molecule has 0 rings (SSSR count). The summed E-state index contributed by atoms with van der Waals surface area (Å²) in [5, 5.41) is 24.6. The summed E-state index contributed by atoms with van der Waals surface area (Å²) >= 11 is 0. The first-order chi connectivity index (χ1) is 5.40. The zero-order valence-corrected chi connectivity index (χ0v) is 7.52. The zero-order chi connectivity index (χ0) is 10.1. The van der Waals surface area contributed by atoms with Gasteiger partial charge in [0.15, 0.2) is 0 Å². The minimum absolute atomic E-state index is 0.375. The van der Waals surface area contributed by atoms with Crippen molar-refractivity contribution in [2.75, 3.05) is 7.11 Å². The largest absolute Gasteiger partial charge is 0.505 e. The number of aliphatic hydroxyl groups is 2. The molecule has 0 amide bonds. The van der Waals surface area contributed by atoms with Crippen LogP contribution in [-0.2, 0) is 4.74 Å². The van der Waals surface area contributed by atoms with E-state index in [9.17, 15) is 0 Å². The van der Waals surface area contributed by atoms with E-state index in [1.807, 2.05) is 0 Å². The lowest BCUT2D eigenvalue weighted by Gasteiger charge is -2.04. The number of aliphatic hydroxyl groups excluding tert-OH is 2. The van der Waals surface area contributed by atoms with E-state index in [0.29, 0.717) is 6.42 Å². The summed E-state index contributed by atoms with van der Waals surface area (Å²) in [5.74, 6) is 0. The molecular formula is C7H16O5. The average Bonchev–Trinajstić information content (AvgIpc) is 1.85. The van der Waals surface area contributed by atoms with Crippen LogP contribution < -0.4 is 0 Å². The Labute approximate surface area is 71.6 Å². The highest BCUT2D eigenvalue weighted by atomic mass is 16.6. The number of hydrogen-bond donors (Lipinski definition) is 3. The summed E-state index contributed by atoms with van der Waals surface area (Å²) in [5.41, 5.74) is 0. The molecule has 0 aromatic heterocycles. The molecule has 0 aromatic rings. The highest BCUT2D eigenvalue weighted by Crippen LogP contribution is 1.93. The van der Waals surface area contributed by atoms with Crippen LogP contribution in [0.1, 0.15) is 20.3 Å². The summed E-state index contributed by atoms with van der Waals surface area (Å²) in [6, 6.07) is 0. The third kappa shape index (κ3) is 22.9. The van der Waals surface area contributed by atoms with E-state index in [4.69, 9.17) is 20.1 Å². The molecule has 0 aromatic carbocycles. The fourth-order valence-corrected chi connectivity index (χ4v) is 0.494. The predicted molar refractivity (Wildman–Crippen MR) is 43.0 cm³/mol. The molecule has 5 heteroatoms. The van der Waals surface area contributed by atoms with Crippen molar-refractivity contribution in [3.8, 4) is 0 Å². The molecular weight excluding hydrogens is 164 g/mol. The second kappa shape index (κ2) is 8.29. The molecule has 2 atom stereocenters. The molecule has 0 heterocycles. The predicted octanol–water partition coefficient (Wildman–Crippen LogP) is 0.449. The first kappa shape index (κ1) is 13.8. The molecule has 5 nitrogen and oxygen atoms in total. The van der Waals surface area contributed by atoms with Gasteiger partial charge in [-0.05, 0) is 20.3 Å². The topological polar surface area (TPSA) is 87.0 Å². The van der Waals surface area contributed by atoms with Crippen molar-refractivity contribution in [2.45, 2.75) is 32.5 Å². The van der Waals surface area contributed by atoms with Crippen LogP contribution in [0.15, 0.2) is 0 Å². The van der Waals surface area contributed by atoms with Gasteiger partial charge in [-0.25, -0.2) is 4.79 Å². The highest BCUT2D eigenvalue weighted by Gasteiger charge is 1.98. The molecule has 0 aliphatic rings. The van der Waals surface area contributed by atoms with Gasteiger partial charge in [0.2, 0.25) is 0 Å². The van der Waals surface area contributed by atoms with Gasteiger partial charge in [0.05, 0.1) is 19.3 Å². The van der Waals surface area contributed by atoms with Gasteiger partial charge >= 0.3 is 6.16 Å². The smallest absolute Gasteiger partial charge is 0.450 e. The van der Waals surface area contributed by atoms with Crippen LogP contribution in [0.2, 0.25) is 0 Å². The number of rotatable bonds is 2. The van der Waals surface area contributed by atoms with E-state index < -0.39 is 6.16 Å². The van der Waals surface area contributed by atoms with Crippen molar-refractivity contribution in [1.82, 2.24) is 0 Å².